The maximum absolute atomic E-state index is 5.82. The lowest BCUT2D eigenvalue weighted by atomic mass is 10.3. The van der Waals surface area contributed by atoms with Gasteiger partial charge < -0.3 is 9.47 Å². The van der Waals surface area contributed by atoms with E-state index in [4.69, 9.17) is 32.7 Å². The molecule has 0 heterocycles. The van der Waals surface area contributed by atoms with E-state index < -0.39 is 0 Å². The van der Waals surface area contributed by atoms with Crippen LogP contribution in [0.4, 0.5) is 0 Å². The predicted octanol–water partition coefficient (Wildman–Crippen LogP) is 3.61. The molecule has 0 aliphatic heterocycles. The highest BCUT2D eigenvalue weighted by molar-refractivity contribution is 14.1. The molecule has 2 unspecified atom stereocenters. The number of halogens is 3. The van der Waals surface area contributed by atoms with Crippen molar-refractivity contribution in [2.24, 2.45) is 0 Å². The standard InChI is InChI=1S/C11H19Cl2IO2/c12-7-10(14)11(8-13)16-6-5-15-9-3-1-2-4-9/h9-11H,1-8H2. The fourth-order valence-electron chi connectivity index (χ4n) is 1.81. The van der Waals surface area contributed by atoms with E-state index in [9.17, 15) is 0 Å². The van der Waals surface area contributed by atoms with E-state index >= 15 is 0 Å². The van der Waals surface area contributed by atoms with Crippen LogP contribution in [0, 0.1) is 0 Å². The number of hydrogen-bond acceptors (Lipinski definition) is 2. The van der Waals surface area contributed by atoms with E-state index in [0.717, 1.165) is 0 Å². The van der Waals surface area contributed by atoms with Crippen LogP contribution in [0.15, 0.2) is 0 Å². The maximum atomic E-state index is 5.82. The summed E-state index contributed by atoms with van der Waals surface area (Å²) in [5.74, 6) is 1.06. The van der Waals surface area contributed by atoms with Crippen molar-refractivity contribution >= 4 is 45.8 Å². The summed E-state index contributed by atoms with van der Waals surface area (Å²) in [6, 6.07) is 0. The fraction of sp³-hybridized carbons (Fsp3) is 1.00. The topological polar surface area (TPSA) is 18.5 Å². The van der Waals surface area contributed by atoms with E-state index in [1.54, 1.807) is 0 Å². The highest BCUT2D eigenvalue weighted by Gasteiger charge is 2.18. The van der Waals surface area contributed by atoms with E-state index in [0.29, 0.717) is 31.1 Å². The van der Waals surface area contributed by atoms with Gasteiger partial charge in [-0.3, -0.25) is 0 Å². The first-order chi connectivity index (χ1) is 7.77. The molecule has 0 aromatic rings. The molecule has 2 nitrogen and oxygen atoms in total. The summed E-state index contributed by atoms with van der Waals surface area (Å²) >= 11 is 13.9. The van der Waals surface area contributed by atoms with Gasteiger partial charge in [0, 0.05) is 11.8 Å². The average molecular weight is 381 g/mol. The van der Waals surface area contributed by atoms with Gasteiger partial charge in [0.05, 0.1) is 29.3 Å². The molecule has 0 saturated heterocycles. The first-order valence-electron chi connectivity index (χ1n) is 5.77. The molecule has 16 heavy (non-hydrogen) atoms. The second-order valence-electron chi connectivity index (χ2n) is 4.01. The van der Waals surface area contributed by atoms with Gasteiger partial charge in [-0.05, 0) is 12.8 Å². The first kappa shape index (κ1) is 15.3. The van der Waals surface area contributed by atoms with Crippen molar-refractivity contribution in [2.45, 2.75) is 41.8 Å². The molecule has 0 amide bonds. The molecule has 5 heteroatoms. The van der Waals surface area contributed by atoms with Crippen LogP contribution in [-0.4, -0.2) is 41.1 Å². The van der Waals surface area contributed by atoms with Gasteiger partial charge in [0.1, 0.15) is 0 Å². The summed E-state index contributed by atoms with van der Waals surface area (Å²) in [4.78, 5) is 0. The molecule has 0 spiro atoms. The van der Waals surface area contributed by atoms with Crippen molar-refractivity contribution in [3.63, 3.8) is 0 Å². The number of ether oxygens (including phenoxy) is 2. The van der Waals surface area contributed by atoms with Gasteiger partial charge in [0.2, 0.25) is 0 Å². The van der Waals surface area contributed by atoms with Crippen LogP contribution in [0.5, 0.6) is 0 Å². The Balaban J connectivity index is 2.03. The molecule has 0 aromatic heterocycles. The largest absolute Gasteiger partial charge is 0.376 e. The third-order valence-electron chi connectivity index (χ3n) is 2.77. The van der Waals surface area contributed by atoms with Gasteiger partial charge >= 0.3 is 0 Å². The Kier molecular flexibility index (Phi) is 8.79. The molecule has 2 atom stereocenters. The van der Waals surface area contributed by atoms with E-state index in [2.05, 4.69) is 22.6 Å². The Morgan fingerprint density at radius 2 is 1.81 bits per heavy atom. The summed E-state index contributed by atoms with van der Waals surface area (Å²) in [5, 5.41) is 0. The zero-order valence-corrected chi connectivity index (χ0v) is 13.0. The van der Waals surface area contributed by atoms with Crippen molar-refractivity contribution in [3.05, 3.63) is 0 Å². The van der Waals surface area contributed by atoms with Gasteiger partial charge in [-0.2, -0.15) is 0 Å². The van der Waals surface area contributed by atoms with Gasteiger partial charge in [-0.25, -0.2) is 0 Å². The quantitative estimate of drug-likeness (QED) is 0.364. The third-order valence-corrected chi connectivity index (χ3v) is 5.17. The van der Waals surface area contributed by atoms with Crippen molar-refractivity contribution in [1.82, 2.24) is 0 Å². The molecular weight excluding hydrogens is 362 g/mol. The molecule has 0 aromatic carbocycles. The van der Waals surface area contributed by atoms with Crippen molar-refractivity contribution in [1.29, 1.82) is 0 Å². The normalized spacial score (nSPS) is 21.2. The molecule has 1 aliphatic rings. The summed E-state index contributed by atoms with van der Waals surface area (Å²) in [5.41, 5.74) is 0. The van der Waals surface area contributed by atoms with Crippen LogP contribution in [0.25, 0.3) is 0 Å². The lowest BCUT2D eigenvalue weighted by molar-refractivity contribution is -0.0119. The van der Waals surface area contributed by atoms with Crippen LogP contribution in [-0.2, 0) is 9.47 Å². The lowest BCUT2D eigenvalue weighted by Crippen LogP contribution is -2.29. The van der Waals surface area contributed by atoms with Crippen LogP contribution in [0.1, 0.15) is 25.7 Å². The van der Waals surface area contributed by atoms with Crippen LogP contribution in [0.3, 0.4) is 0 Å². The van der Waals surface area contributed by atoms with E-state index in [-0.39, 0.29) is 10.0 Å². The zero-order valence-electron chi connectivity index (χ0n) is 9.34. The average Bonchev–Trinajstić information content (AvgIpc) is 2.81. The minimum atomic E-state index is 0.0342. The van der Waals surface area contributed by atoms with E-state index in [1.165, 1.54) is 25.7 Å². The highest BCUT2D eigenvalue weighted by Crippen LogP contribution is 2.20. The van der Waals surface area contributed by atoms with Crippen molar-refractivity contribution in [2.75, 3.05) is 25.0 Å². The Labute approximate surface area is 121 Å². The highest BCUT2D eigenvalue weighted by atomic mass is 127. The SMILES string of the molecule is ClCC(I)C(CCl)OCCOC1CCCC1. The Morgan fingerprint density at radius 3 is 2.38 bits per heavy atom. The van der Waals surface area contributed by atoms with Crippen LogP contribution in [0.2, 0.25) is 0 Å². The smallest absolute Gasteiger partial charge is 0.0840 e. The second-order valence-corrected chi connectivity index (χ2v) is 6.23. The molecule has 0 radical (unpaired) electrons. The lowest BCUT2D eigenvalue weighted by Gasteiger charge is -2.19. The van der Waals surface area contributed by atoms with Gasteiger partial charge in [-0.1, -0.05) is 35.4 Å². The molecule has 0 N–H and O–H groups in total. The second kappa shape index (κ2) is 9.20. The molecule has 1 saturated carbocycles. The van der Waals surface area contributed by atoms with Gasteiger partial charge in [0.25, 0.3) is 0 Å². The summed E-state index contributed by atoms with van der Waals surface area (Å²) in [7, 11) is 0. The third kappa shape index (κ3) is 5.71. The zero-order chi connectivity index (χ0) is 11.8. The monoisotopic (exact) mass is 380 g/mol. The number of rotatable bonds is 8. The summed E-state index contributed by atoms with van der Waals surface area (Å²) in [6.07, 6.45) is 5.51. The molecule has 1 aliphatic carbocycles. The first-order valence-corrected chi connectivity index (χ1v) is 8.08. The number of alkyl halides is 3. The molecule has 1 fully saturated rings. The minimum Gasteiger partial charge on any atom is -0.376 e. The van der Waals surface area contributed by atoms with Crippen molar-refractivity contribution < 1.29 is 9.47 Å². The van der Waals surface area contributed by atoms with E-state index in [1.807, 2.05) is 0 Å². The summed E-state index contributed by atoms with van der Waals surface area (Å²) in [6.45, 7) is 1.29. The number of hydrogen-bond donors (Lipinski definition) is 0. The molecule has 1 rings (SSSR count). The molecule has 96 valence electrons. The Hall–Kier alpha value is 1.23. The predicted molar refractivity (Wildman–Crippen MR) is 77.2 cm³/mol. The minimum absolute atomic E-state index is 0.0342. The molecule has 0 bridgehead atoms. The fourth-order valence-corrected chi connectivity index (χ4v) is 3.08. The Morgan fingerprint density at radius 1 is 1.12 bits per heavy atom. The van der Waals surface area contributed by atoms with Crippen LogP contribution < -0.4 is 0 Å². The Bertz CT molecular complexity index is 177. The summed E-state index contributed by atoms with van der Waals surface area (Å²) < 4.78 is 11.6. The van der Waals surface area contributed by atoms with Crippen LogP contribution >= 0.6 is 45.8 Å². The van der Waals surface area contributed by atoms with Gasteiger partial charge in [-0.15, -0.1) is 23.2 Å². The molecular formula is C11H19Cl2IO2. The van der Waals surface area contributed by atoms with Gasteiger partial charge in [0.15, 0.2) is 0 Å². The van der Waals surface area contributed by atoms with Crippen molar-refractivity contribution in [3.8, 4) is 0 Å². The maximum Gasteiger partial charge on any atom is 0.0840 e.